The molecule has 1 aromatic rings. The van der Waals surface area contributed by atoms with Gasteiger partial charge >= 0.3 is 0 Å². The van der Waals surface area contributed by atoms with E-state index in [1.807, 2.05) is 7.05 Å². The quantitative estimate of drug-likeness (QED) is 0.905. The second kappa shape index (κ2) is 5.55. The topological polar surface area (TPSA) is 31.4 Å². The Morgan fingerprint density at radius 2 is 1.94 bits per heavy atom. The summed E-state index contributed by atoms with van der Waals surface area (Å²) in [6.45, 7) is 12.2. The molecule has 0 spiro atoms. The number of nitrogens with zero attached hydrogens (tertiary/aromatic N) is 3. The average molecular weight is 268 g/mol. The molecule has 0 unspecified atom stereocenters. The molecule has 0 bridgehead atoms. The molecule has 1 aliphatic heterocycles. The van der Waals surface area contributed by atoms with Crippen LogP contribution in [0.4, 0.5) is 5.13 Å². The van der Waals surface area contributed by atoms with Gasteiger partial charge in [-0.1, -0.05) is 0 Å². The third-order valence-electron chi connectivity index (χ3n) is 3.40. The van der Waals surface area contributed by atoms with Gasteiger partial charge in [-0.05, 0) is 27.8 Å². The molecule has 1 aliphatic rings. The summed E-state index contributed by atoms with van der Waals surface area (Å²) < 4.78 is 0. The first kappa shape index (κ1) is 13.8. The minimum absolute atomic E-state index is 0.284. The van der Waals surface area contributed by atoms with Gasteiger partial charge in [-0.15, -0.1) is 11.3 Å². The molecule has 5 heteroatoms. The van der Waals surface area contributed by atoms with Crippen LogP contribution < -0.4 is 10.2 Å². The zero-order chi connectivity index (χ0) is 13.2. The number of anilines is 1. The zero-order valence-electron chi connectivity index (χ0n) is 11.9. The molecule has 1 N–H and O–H groups in total. The first-order valence-electron chi connectivity index (χ1n) is 6.59. The molecular weight excluding hydrogens is 244 g/mol. The summed E-state index contributed by atoms with van der Waals surface area (Å²) >= 11 is 1.76. The van der Waals surface area contributed by atoms with Crippen molar-refractivity contribution in [3.05, 3.63) is 11.1 Å². The van der Waals surface area contributed by atoms with Crippen molar-refractivity contribution in [3.8, 4) is 0 Å². The van der Waals surface area contributed by atoms with E-state index in [-0.39, 0.29) is 5.54 Å². The van der Waals surface area contributed by atoms with Gasteiger partial charge in [0.2, 0.25) is 0 Å². The molecule has 18 heavy (non-hydrogen) atoms. The Bertz CT molecular complexity index is 375. The van der Waals surface area contributed by atoms with Crippen molar-refractivity contribution in [1.29, 1.82) is 0 Å². The largest absolute Gasteiger partial charge is 0.346 e. The molecule has 1 aromatic heterocycles. The fraction of sp³-hybridized carbons (Fsp3) is 0.769. The molecular formula is C13H24N4S. The summed E-state index contributed by atoms with van der Waals surface area (Å²) in [4.78, 5) is 9.63. The highest BCUT2D eigenvalue weighted by Gasteiger charge is 2.26. The Hall–Kier alpha value is -0.650. The van der Waals surface area contributed by atoms with Crippen molar-refractivity contribution in [2.24, 2.45) is 0 Å². The maximum Gasteiger partial charge on any atom is 0.185 e. The van der Waals surface area contributed by atoms with E-state index >= 15 is 0 Å². The van der Waals surface area contributed by atoms with Gasteiger partial charge in [0.1, 0.15) is 0 Å². The van der Waals surface area contributed by atoms with Crippen LogP contribution in [0.2, 0.25) is 0 Å². The molecule has 1 fully saturated rings. The SMILES string of the molecule is CNCc1csc(N2CCN(C(C)(C)C)CC2)n1. The van der Waals surface area contributed by atoms with Crippen LogP contribution in [0.15, 0.2) is 5.38 Å². The van der Waals surface area contributed by atoms with Crippen LogP contribution in [0.3, 0.4) is 0 Å². The summed E-state index contributed by atoms with van der Waals surface area (Å²) in [6.07, 6.45) is 0. The molecule has 0 radical (unpaired) electrons. The standard InChI is InChI=1S/C13H24N4S/c1-13(2,3)17-7-5-16(6-8-17)12-15-11(9-14-4)10-18-12/h10,14H,5-9H2,1-4H3. The van der Waals surface area contributed by atoms with E-state index in [4.69, 9.17) is 0 Å². The number of rotatable bonds is 3. The molecule has 4 nitrogen and oxygen atoms in total. The van der Waals surface area contributed by atoms with Crippen LogP contribution in [-0.4, -0.2) is 48.6 Å². The monoisotopic (exact) mass is 268 g/mol. The number of aromatic nitrogens is 1. The van der Waals surface area contributed by atoms with Crippen LogP contribution in [0, 0.1) is 0 Å². The van der Waals surface area contributed by atoms with Crippen molar-refractivity contribution < 1.29 is 0 Å². The Morgan fingerprint density at radius 3 is 2.50 bits per heavy atom. The lowest BCUT2D eigenvalue weighted by Crippen LogP contribution is -2.53. The van der Waals surface area contributed by atoms with E-state index in [9.17, 15) is 0 Å². The first-order chi connectivity index (χ1) is 8.50. The molecule has 2 rings (SSSR count). The van der Waals surface area contributed by atoms with Gasteiger partial charge in [0.25, 0.3) is 0 Å². The van der Waals surface area contributed by atoms with E-state index < -0.39 is 0 Å². The summed E-state index contributed by atoms with van der Waals surface area (Å²) in [7, 11) is 1.96. The third-order valence-corrected chi connectivity index (χ3v) is 4.35. The van der Waals surface area contributed by atoms with Gasteiger partial charge in [-0.3, -0.25) is 4.90 Å². The van der Waals surface area contributed by atoms with E-state index in [0.29, 0.717) is 0 Å². The Morgan fingerprint density at radius 1 is 1.28 bits per heavy atom. The highest BCUT2D eigenvalue weighted by atomic mass is 32.1. The fourth-order valence-electron chi connectivity index (χ4n) is 2.27. The van der Waals surface area contributed by atoms with Crippen LogP contribution >= 0.6 is 11.3 Å². The minimum atomic E-state index is 0.284. The fourth-order valence-corrected chi connectivity index (χ4v) is 3.15. The summed E-state index contributed by atoms with van der Waals surface area (Å²) in [5.74, 6) is 0. The van der Waals surface area contributed by atoms with Gasteiger partial charge < -0.3 is 10.2 Å². The maximum absolute atomic E-state index is 4.67. The lowest BCUT2D eigenvalue weighted by Gasteiger charge is -2.42. The molecule has 102 valence electrons. The predicted octanol–water partition coefficient (Wildman–Crippen LogP) is 1.78. The summed E-state index contributed by atoms with van der Waals surface area (Å²) in [5.41, 5.74) is 1.43. The van der Waals surface area contributed by atoms with Crippen LogP contribution in [-0.2, 0) is 6.54 Å². The van der Waals surface area contributed by atoms with Crippen molar-refractivity contribution in [2.75, 3.05) is 38.1 Å². The van der Waals surface area contributed by atoms with E-state index in [1.165, 1.54) is 5.13 Å². The molecule has 0 aliphatic carbocycles. The summed E-state index contributed by atoms with van der Waals surface area (Å²) in [6, 6.07) is 0. The van der Waals surface area contributed by atoms with Crippen LogP contribution in [0.1, 0.15) is 26.5 Å². The summed E-state index contributed by atoms with van der Waals surface area (Å²) in [5, 5.41) is 6.47. The van der Waals surface area contributed by atoms with Crippen molar-refractivity contribution in [1.82, 2.24) is 15.2 Å². The van der Waals surface area contributed by atoms with Crippen molar-refractivity contribution in [2.45, 2.75) is 32.9 Å². The van der Waals surface area contributed by atoms with Gasteiger partial charge in [0.15, 0.2) is 5.13 Å². The molecule has 2 heterocycles. The number of piperazine rings is 1. The Balaban J connectivity index is 1.92. The van der Waals surface area contributed by atoms with Gasteiger partial charge in [-0.2, -0.15) is 0 Å². The van der Waals surface area contributed by atoms with E-state index in [1.54, 1.807) is 11.3 Å². The normalized spacial score (nSPS) is 18.3. The zero-order valence-corrected chi connectivity index (χ0v) is 12.7. The van der Waals surface area contributed by atoms with Gasteiger partial charge in [0.05, 0.1) is 5.69 Å². The van der Waals surface area contributed by atoms with Gasteiger partial charge in [0, 0.05) is 43.6 Å². The number of hydrogen-bond acceptors (Lipinski definition) is 5. The lowest BCUT2D eigenvalue weighted by molar-refractivity contribution is 0.128. The second-order valence-corrected chi connectivity index (χ2v) is 6.63. The van der Waals surface area contributed by atoms with Gasteiger partial charge in [-0.25, -0.2) is 4.98 Å². The van der Waals surface area contributed by atoms with E-state index in [0.717, 1.165) is 38.4 Å². The molecule has 0 aromatic carbocycles. The number of hydrogen-bond donors (Lipinski definition) is 1. The molecule has 1 saturated heterocycles. The number of nitrogens with one attached hydrogen (secondary N) is 1. The highest BCUT2D eigenvalue weighted by Crippen LogP contribution is 2.24. The lowest BCUT2D eigenvalue weighted by atomic mass is 10.1. The van der Waals surface area contributed by atoms with Crippen molar-refractivity contribution >= 4 is 16.5 Å². The third kappa shape index (κ3) is 3.22. The smallest absolute Gasteiger partial charge is 0.185 e. The average Bonchev–Trinajstić information content (AvgIpc) is 2.77. The number of thiazole rings is 1. The molecule has 0 saturated carbocycles. The first-order valence-corrected chi connectivity index (χ1v) is 7.47. The van der Waals surface area contributed by atoms with Crippen LogP contribution in [0.25, 0.3) is 0 Å². The molecule has 0 atom stereocenters. The maximum atomic E-state index is 4.67. The van der Waals surface area contributed by atoms with E-state index in [2.05, 4.69) is 46.3 Å². The predicted molar refractivity (Wildman–Crippen MR) is 78.4 cm³/mol. The Kier molecular flexibility index (Phi) is 4.25. The second-order valence-electron chi connectivity index (χ2n) is 5.80. The van der Waals surface area contributed by atoms with Crippen LogP contribution in [0.5, 0.6) is 0 Å². The Labute approximate surface area is 114 Å². The minimum Gasteiger partial charge on any atom is -0.346 e. The molecule has 0 amide bonds. The highest BCUT2D eigenvalue weighted by molar-refractivity contribution is 7.13. The van der Waals surface area contributed by atoms with Crippen molar-refractivity contribution in [3.63, 3.8) is 0 Å².